The van der Waals surface area contributed by atoms with Gasteiger partial charge in [0.25, 0.3) is 11.5 Å². The van der Waals surface area contributed by atoms with Crippen LogP contribution < -0.4 is 21.5 Å². The molecular weight excluding hydrogens is 460 g/mol. The van der Waals surface area contributed by atoms with Gasteiger partial charge in [0.2, 0.25) is 5.91 Å². The number of primary amides is 1. The Hall–Kier alpha value is -3.72. The summed E-state index contributed by atoms with van der Waals surface area (Å²) in [7, 11) is -3.22. The maximum Gasteiger partial charge on any atom is 0.267 e. The summed E-state index contributed by atoms with van der Waals surface area (Å²) in [6.07, 6.45) is 4.00. The van der Waals surface area contributed by atoms with Crippen LogP contribution in [0.4, 0.5) is 5.82 Å². The van der Waals surface area contributed by atoms with E-state index in [1.165, 1.54) is 10.5 Å². The smallest absolute Gasteiger partial charge is 0.267 e. The molecule has 11 nitrogen and oxygen atoms in total. The van der Waals surface area contributed by atoms with Crippen molar-refractivity contribution in [3.63, 3.8) is 0 Å². The summed E-state index contributed by atoms with van der Waals surface area (Å²) in [6, 6.07) is 6.31. The number of aromatic nitrogens is 2. The standard InChI is InChI=1S/C22H24N6O5S/c23-12-15(21(30)25-16-6-10-34(32,33)13-16)11-17-20(27-8-4-14(5-9-27)19(24)29)26-18-3-1-2-7-28(18)22(17)31/h1-3,7,11,14,16H,4-6,8-10,13H2,(H2,24,29)(H,25,30)/b15-11+/t16-/m0/s1. The third-order valence-electron chi connectivity index (χ3n) is 6.17. The number of carbonyl (C=O) groups is 2. The summed E-state index contributed by atoms with van der Waals surface area (Å²) in [5, 5.41) is 12.2. The quantitative estimate of drug-likeness (QED) is 0.427. The number of nitrogens with one attached hydrogen (secondary N) is 1. The Bertz CT molecular complexity index is 1380. The van der Waals surface area contributed by atoms with Gasteiger partial charge in [-0.25, -0.2) is 13.4 Å². The number of pyridine rings is 1. The molecule has 2 aliphatic heterocycles. The number of amides is 2. The van der Waals surface area contributed by atoms with Crippen molar-refractivity contribution in [1.82, 2.24) is 14.7 Å². The van der Waals surface area contributed by atoms with Gasteiger partial charge in [0, 0.05) is 31.2 Å². The van der Waals surface area contributed by atoms with Crippen molar-refractivity contribution in [1.29, 1.82) is 5.26 Å². The van der Waals surface area contributed by atoms with Crippen LogP contribution in [0, 0.1) is 17.2 Å². The molecule has 0 bridgehead atoms. The maximum atomic E-state index is 13.3. The van der Waals surface area contributed by atoms with E-state index in [-0.39, 0.29) is 40.9 Å². The minimum atomic E-state index is -3.22. The molecule has 0 unspecified atom stereocenters. The van der Waals surface area contributed by atoms with Crippen LogP contribution in [0.15, 0.2) is 34.8 Å². The molecule has 3 N–H and O–H groups in total. The lowest BCUT2D eigenvalue weighted by Crippen LogP contribution is -2.40. The summed E-state index contributed by atoms with van der Waals surface area (Å²) in [5.74, 6) is -1.28. The normalized spacial score (nSPS) is 20.7. The van der Waals surface area contributed by atoms with Crippen LogP contribution in [0.25, 0.3) is 11.7 Å². The van der Waals surface area contributed by atoms with Gasteiger partial charge < -0.3 is 16.0 Å². The fraction of sp³-hybridized carbons (Fsp3) is 0.409. The second kappa shape index (κ2) is 9.26. The molecule has 2 amide bonds. The Balaban J connectivity index is 1.72. The van der Waals surface area contributed by atoms with Crippen LogP contribution in [0.1, 0.15) is 24.8 Å². The molecule has 4 rings (SSSR count). The van der Waals surface area contributed by atoms with Crippen LogP contribution in [-0.2, 0) is 19.4 Å². The number of rotatable bonds is 5. The fourth-order valence-electron chi connectivity index (χ4n) is 4.30. The number of sulfone groups is 1. The first-order valence-corrected chi connectivity index (χ1v) is 12.7. The topological polar surface area (TPSA) is 168 Å². The van der Waals surface area contributed by atoms with Gasteiger partial charge in [-0.3, -0.25) is 18.8 Å². The summed E-state index contributed by atoms with van der Waals surface area (Å²) in [5.41, 5.74) is 5.10. The predicted octanol–water partition coefficient (Wildman–Crippen LogP) is -0.394. The molecule has 2 fully saturated rings. The largest absolute Gasteiger partial charge is 0.369 e. The number of nitriles is 1. The zero-order chi connectivity index (χ0) is 24.5. The number of piperidine rings is 1. The van der Waals surface area contributed by atoms with E-state index in [1.54, 1.807) is 24.4 Å². The number of nitrogens with two attached hydrogens (primary N) is 1. The second-order valence-electron chi connectivity index (χ2n) is 8.49. The molecular formula is C22H24N6O5S. The first-order valence-electron chi connectivity index (χ1n) is 10.9. The van der Waals surface area contributed by atoms with Crippen molar-refractivity contribution in [3.8, 4) is 6.07 Å². The van der Waals surface area contributed by atoms with Gasteiger partial charge in [0.1, 0.15) is 23.1 Å². The Kier molecular flexibility index (Phi) is 6.39. The monoisotopic (exact) mass is 484 g/mol. The highest BCUT2D eigenvalue weighted by atomic mass is 32.2. The number of hydrogen-bond acceptors (Lipinski definition) is 8. The Morgan fingerprint density at radius 3 is 2.59 bits per heavy atom. The Labute approximate surface area is 195 Å². The zero-order valence-corrected chi connectivity index (χ0v) is 19.1. The number of nitrogens with zero attached hydrogens (tertiary/aromatic N) is 4. The number of carbonyl (C=O) groups excluding carboxylic acids is 2. The molecule has 0 radical (unpaired) electrons. The van der Waals surface area contributed by atoms with E-state index in [1.807, 2.05) is 11.0 Å². The van der Waals surface area contributed by atoms with Crippen molar-refractivity contribution in [2.45, 2.75) is 25.3 Å². The maximum absolute atomic E-state index is 13.3. The molecule has 2 aliphatic rings. The van der Waals surface area contributed by atoms with Crippen LogP contribution in [0.3, 0.4) is 0 Å². The van der Waals surface area contributed by atoms with Gasteiger partial charge in [0.05, 0.1) is 17.1 Å². The molecule has 4 heterocycles. The lowest BCUT2D eigenvalue weighted by atomic mass is 9.96. The lowest BCUT2D eigenvalue weighted by Gasteiger charge is -2.32. The summed E-state index contributed by atoms with van der Waals surface area (Å²) in [4.78, 5) is 44.1. The van der Waals surface area contributed by atoms with Crippen molar-refractivity contribution >= 4 is 39.2 Å². The number of anilines is 1. The molecule has 34 heavy (non-hydrogen) atoms. The van der Waals surface area contributed by atoms with Gasteiger partial charge in [-0.2, -0.15) is 5.26 Å². The Morgan fingerprint density at radius 2 is 1.97 bits per heavy atom. The highest BCUT2D eigenvalue weighted by Gasteiger charge is 2.30. The summed E-state index contributed by atoms with van der Waals surface area (Å²) >= 11 is 0. The van der Waals surface area contributed by atoms with Crippen molar-refractivity contribution < 1.29 is 18.0 Å². The van der Waals surface area contributed by atoms with E-state index in [0.717, 1.165) is 0 Å². The summed E-state index contributed by atoms with van der Waals surface area (Å²) < 4.78 is 24.7. The van der Waals surface area contributed by atoms with E-state index in [0.29, 0.717) is 37.4 Å². The van der Waals surface area contributed by atoms with E-state index in [9.17, 15) is 28.1 Å². The third-order valence-corrected chi connectivity index (χ3v) is 7.94. The third kappa shape index (κ3) is 4.79. The predicted molar refractivity (Wildman–Crippen MR) is 124 cm³/mol. The minimum Gasteiger partial charge on any atom is -0.369 e. The molecule has 0 aliphatic carbocycles. The van der Waals surface area contributed by atoms with E-state index >= 15 is 0 Å². The highest BCUT2D eigenvalue weighted by molar-refractivity contribution is 7.91. The van der Waals surface area contributed by atoms with Crippen LogP contribution in [0.2, 0.25) is 0 Å². The van der Waals surface area contributed by atoms with E-state index in [2.05, 4.69) is 10.3 Å². The molecule has 0 saturated carbocycles. The molecule has 1 atom stereocenters. The highest BCUT2D eigenvalue weighted by Crippen LogP contribution is 2.25. The molecule has 2 aromatic rings. The van der Waals surface area contributed by atoms with Gasteiger partial charge >= 0.3 is 0 Å². The van der Waals surface area contributed by atoms with E-state index < -0.39 is 27.3 Å². The average Bonchev–Trinajstić information content (AvgIpc) is 3.16. The lowest BCUT2D eigenvalue weighted by molar-refractivity contribution is -0.122. The second-order valence-corrected chi connectivity index (χ2v) is 10.7. The average molecular weight is 485 g/mol. The van der Waals surface area contributed by atoms with Crippen molar-refractivity contribution in [3.05, 3.63) is 45.9 Å². The van der Waals surface area contributed by atoms with Gasteiger partial charge in [-0.05, 0) is 37.5 Å². The SMILES string of the molecule is N#C/C(=C\c1c(N2CCC(C(N)=O)CC2)nc2ccccn2c1=O)C(=O)N[C@H]1CCS(=O)(=O)C1. The zero-order valence-electron chi connectivity index (χ0n) is 18.3. The number of hydrogen-bond donors (Lipinski definition) is 2. The van der Waals surface area contributed by atoms with Crippen molar-refractivity contribution in [2.24, 2.45) is 11.7 Å². The molecule has 0 spiro atoms. The van der Waals surface area contributed by atoms with Gasteiger partial charge in [-0.15, -0.1) is 0 Å². The molecule has 2 aromatic heterocycles. The first kappa shape index (κ1) is 23.4. The molecule has 0 aromatic carbocycles. The summed E-state index contributed by atoms with van der Waals surface area (Å²) in [6.45, 7) is 0.857. The minimum absolute atomic E-state index is 0.0229. The van der Waals surface area contributed by atoms with Crippen LogP contribution in [-0.4, -0.2) is 60.3 Å². The van der Waals surface area contributed by atoms with E-state index in [4.69, 9.17) is 5.73 Å². The van der Waals surface area contributed by atoms with Crippen LogP contribution >= 0.6 is 0 Å². The molecule has 2 saturated heterocycles. The first-order chi connectivity index (χ1) is 16.2. The van der Waals surface area contributed by atoms with Gasteiger partial charge in [-0.1, -0.05) is 6.07 Å². The van der Waals surface area contributed by atoms with Crippen molar-refractivity contribution in [2.75, 3.05) is 29.5 Å². The van der Waals surface area contributed by atoms with Gasteiger partial charge in [0.15, 0.2) is 9.84 Å². The fourth-order valence-corrected chi connectivity index (χ4v) is 5.97. The molecule has 12 heteroatoms. The number of fused-ring (bicyclic) bond motifs is 1. The van der Waals surface area contributed by atoms with Crippen LogP contribution in [0.5, 0.6) is 0 Å². The Morgan fingerprint density at radius 1 is 1.24 bits per heavy atom. The molecule has 178 valence electrons.